The Balaban J connectivity index is 2.79. The van der Waals surface area contributed by atoms with E-state index in [9.17, 15) is 14.0 Å². The predicted molar refractivity (Wildman–Crippen MR) is 71.1 cm³/mol. The van der Waals surface area contributed by atoms with Crippen LogP contribution in [0.1, 0.15) is 17.3 Å². The van der Waals surface area contributed by atoms with Crippen LogP contribution in [0, 0.1) is 11.7 Å². The maximum absolute atomic E-state index is 13.5. The van der Waals surface area contributed by atoms with E-state index in [1.165, 1.54) is 31.3 Å². The van der Waals surface area contributed by atoms with Crippen molar-refractivity contribution in [3.63, 3.8) is 0 Å². The third kappa shape index (κ3) is 3.69. The Labute approximate surface area is 117 Å². The highest BCUT2D eigenvalue weighted by molar-refractivity contribution is 5.94. The van der Waals surface area contributed by atoms with E-state index in [-0.39, 0.29) is 23.8 Å². The van der Waals surface area contributed by atoms with E-state index in [0.29, 0.717) is 0 Å². The van der Waals surface area contributed by atoms with Crippen molar-refractivity contribution in [3.05, 3.63) is 29.6 Å². The molecule has 0 aliphatic heterocycles. The first-order chi connectivity index (χ1) is 9.40. The van der Waals surface area contributed by atoms with Crippen LogP contribution < -0.4 is 4.74 Å². The number of halogens is 1. The van der Waals surface area contributed by atoms with E-state index >= 15 is 0 Å². The number of amides is 1. The molecular formula is C14H18FNO4. The third-order valence-corrected chi connectivity index (χ3v) is 2.90. The lowest BCUT2D eigenvalue weighted by Crippen LogP contribution is -2.34. The molecule has 0 heterocycles. The van der Waals surface area contributed by atoms with Gasteiger partial charge in [-0.05, 0) is 18.2 Å². The topological polar surface area (TPSA) is 55.8 Å². The van der Waals surface area contributed by atoms with Crippen LogP contribution in [0.15, 0.2) is 18.2 Å². The summed E-state index contributed by atoms with van der Waals surface area (Å²) in [6, 6.07) is 3.98. The summed E-state index contributed by atoms with van der Waals surface area (Å²) >= 11 is 0. The lowest BCUT2D eigenvalue weighted by molar-refractivity contribution is -0.145. The second-order valence-corrected chi connectivity index (χ2v) is 4.46. The summed E-state index contributed by atoms with van der Waals surface area (Å²) in [6.07, 6.45) is 0. The Morgan fingerprint density at radius 3 is 2.50 bits per heavy atom. The fourth-order valence-electron chi connectivity index (χ4n) is 1.79. The van der Waals surface area contributed by atoms with E-state index < -0.39 is 17.7 Å². The Morgan fingerprint density at radius 1 is 1.35 bits per heavy atom. The molecule has 0 saturated heterocycles. The molecule has 110 valence electrons. The van der Waals surface area contributed by atoms with E-state index in [1.807, 2.05) is 0 Å². The van der Waals surface area contributed by atoms with Crippen molar-refractivity contribution < 1.29 is 23.5 Å². The number of esters is 1. The number of benzene rings is 1. The zero-order chi connectivity index (χ0) is 15.3. The molecule has 1 aromatic rings. The zero-order valence-corrected chi connectivity index (χ0v) is 12.0. The van der Waals surface area contributed by atoms with Crippen LogP contribution in [-0.2, 0) is 9.53 Å². The van der Waals surface area contributed by atoms with Crippen molar-refractivity contribution in [1.82, 2.24) is 4.90 Å². The second kappa shape index (κ2) is 6.88. The van der Waals surface area contributed by atoms with Gasteiger partial charge in [-0.15, -0.1) is 0 Å². The number of nitrogens with zero attached hydrogens (tertiary/aromatic N) is 1. The molecular weight excluding hydrogens is 265 g/mol. The van der Waals surface area contributed by atoms with Crippen LogP contribution in [0.5, 0.6) is 5.75 Å². The Bertz CT molecular complexity index is 504. The van der Waals surface area contributed by atoms with E-state index in [4.69, 9.17) is 4.74 Å². The van der Waals surface area contributed by atoms with Crippen molar-refractivity contribution >= 4 is 11.9 Å². The molecule has 1 amide bonds. The Hall–Kier alpha value is -2.11. The van der Waals surface area contributed by atoms with E-state index in [0.717, 1.165) is 6.07 Å². The summed E-state index contributed by atoms with van der Waals surface area (Å²) in [6.45, 7) is 1.85. The van der Waals surface area contributed by atoms with Crippen molar-refractivity contribution in [2.24, 2.45) is 5.92 Å². The molecule has 0 aliphatic carbocycles. The van der Waals surface area contributed by atoms with E-state index in [1.54, 1.807) is 14.0 Å². The summed E-state index contributed by atoms with van der Waals surface area (Å²) in [4.78, 5) is 24.8. The Kier molecular flexibility index (Phi) is 5.49. The van der Waals surface area contributed by atoms with Gasteiger partial charge in [0.2, 0.25) is 0 Å². The molecule has 6 heteroatoms. The number of ether oxygens (including phenoxy) is 2. The minimum atomic E-state index is -0.604. The van der Waals surface area contributed by atoms with Crippen molar-refractivity contribution in [2.45, 2.75) is 6.92 Å². The predicted octanol–water partition coefficient (Wildman–Crippen LogP) is 1.72. The van der Waals surface area contributed by atoms with Gasteiger partial charge in [0, 0.05) is 19.2 Å². The smallest absolute Gasteiger partial charge is 0.310 e. The van der Waals surface area contributed by atoms with Gasteiger partial charge in [-0.2, -0.15) is 0 Å². The zero-order valence-electron chi connectivity index (χ0n) is 12.0. The number of carbonyl (C=O) groups is 2. The molecule has 1 aromatic carbocycles. The third-order valence-electron chi connectivity index (χ3n) is 2.90. The number of carbonyl (C=O) groups excluding carboxylic acids is 2. The lowest BCUT2D eigenvalue weighted by Gasteiger charge is -2.20. The summed E-state index contributed by atoms with van der Waals surface area (Å²) in [5.74, 6) is -1.75. The van der Waals surface area contributed by atoms with Crippen LogP contribution in [0.2, 0.25) is 0 Å². The van der Waals surface area contributed by atoms with Crippen LogP contribution in [-0.4, -0.2) is 44.6 Å². The van der Waals surface area contributed by atoms with Gasteiger partial charge in [0.1, 0.15) is 0 Å². The number of methoxy groups -OCH3 is 2. The molecule has 1 unspecified atom stereocenters. The van der Waals surface area contributed by atoms with Crippen molar-refractivity contribution in [3.8, 4) is 5.75 Å². The summed E-state index contributed by atoms with van der Waals surface area (Å²) in [5.41, 5.74) is 0.197. The minimum absolute atomic E-state index is 0.0760. The average Bonchev–Trinajstić information content (AvgIpc) is 2.45. The van der Waals surface area contributed by atoms with Gasteiger partial charge < -0.3 is 14.4 Å². The maximum Gasteiger partial charge on any atom is 0.310 e. The molecule has 0 aliphatic rings. The first-order valence-corrected chi connectivity index (χ1v) is 6.07. The van der Waals surface area contributed by atoms with Gasteiger partial charge >= 0.3 is 5.97 Å². The standard InChI is InChI=1S/C14H18FNO4/c1-9(14(18)20-4)8-16(2)13(17)10-5-6-12(19-3)11(15)7-10/h5-7,9H,8H2,1-4H3. The van der Waals surface area contributed by atoms with Crippen molar-refractivity contribution in [1.29, 1.82) is 0 Å². The summed E-state index contributed by atoms with van der Waals surface area (Å²) in [5, 5.41) is 0. The van der Waals surface area contributed by atoms with Gasteiger partial charge in [0.25, 0.3) is 5.91 Å². The molecule has 1 rings (SSSR count). The highest BCUT2D eigenvalue weighted by Crippen LogP contribution is 2.18. The monoisotopic (exact) mass is 283 g/mol. The SMILES string of the molecule is COC(=O)C(C)CN(C)C(=O)c1ccc(OC)c(F)c1. The molecule has 0 radical (unpaired) electrons. The van der Waals surface area contributed by atoms with Gasteiger partial charge in [0.15, 0.2) is 11.6 Å². The number of hydrogen-bond donors (Lipinski definition) is 0. The normalized spacial score (nSPS) is 11.7. The summed E-state index contributed by atoms with van der Waals surface area (Å²) < 4.78 is 22.9. The fraction of sp³-hybridized carbons (Fsp3) is 0.429. The van der Waals surface area contributed by atoms with Crippen molar-refractivity contribution in [2.75, 3.05) is 27.8 Å². The first-order valence-electron chi connectivity index (χ1n) is 6.07. The molecule has 1 atom stereocenters. The van der Waals surface area contributed by atoms with Crippen LogP contribution >= 0.6 is 0 Å². The number of rotatable bonds is 5. The molecule has 0 aromatic heterocycles. The molecule has 20 heavy (non-hydrogen) atoms. The fourth-order valence-corrected chi connectivity index (χ4v) is 1.79. The molecule has 0 saturated carbocycles. The van der Waals surface area contributed by atoms with Gasteiger partial charge in [-0.3, -0.25) is 9.59 Å². The molecule has 5 nitrogen and oxygen atoms in total. The summed E-state index contributed by atoms with van der Waals surface area (Å²) in [7, 11) is 4.19. The second-order valence-electron chi connectivity index (χ2n) is 4.46. The molecule has 0 spiro atoms. The highest BCUT2D eigenvalue weighted by Gasteiger charge is 2.20. The first kappa shape index (κ1) is 15.9. The van der Waals surface area contributed by atoms with Crippen LogP contribution in [0.25, 0.3) is 0 Å². The maximum atomic E-state index is 13.5. The number of hydrogen-bond acceptors (Lipinski definition) is 4. The molecule has 0 fully saturated rings. The van der Waals surface area contributed by atoms with Gasteiger partial charge in [-0.25, -0.2) is 4.39 Å². The quantitative estimate of drug-likeness (QED) is 0.772. The highest BCUT2D eigenvalue weighted by atomic mass is 19.1. The lowest BCUT2D eigenvalue weighted by atomic mass is 10.1. The largest absolute Gasteiger partial charge is 0.494 e. The van der Waals surface area contributed by atoms with Gasteiger partial charge in [-0.1, -0.05) is 6.92 Å². The average molecular weight is 283 g/mol. The van der Waals surface area contributed by atoms with Crippen LogP contribution in [0.4, 0.5) is 4.39 Å². The Morgan fingerprint density at radius 2 is 2.00 bits per heavy atom. The van der Waals surface area contributed by atoms with E-state index in [2.05, 4.69) is 4.74 Å². The minimum Gasteiger partial charge on any atom is -0.494 e. The molecule has 0 N–H and O–H groups in total. The molecule has 0 bridgehead atoms. The van der Waals surface area contributed by atoms with Gasteiger partial charge in [0.05, 0.1) is 20.1 Å². The van der Waals surface area contributed by atoms with Crippen LogP contribution in [0.3, 0.4) is 0 Å².